The molecular formula is C22H27NO3S2. The Labute approximate surface area is 176 Å². The molecule has 28 heavy (non-hydrogen) atoms. The highest BCUT2D eigenvalue weighted by molar-refractivity contribution is 8.16. The predicted octanol–water partition coefficient (Wildman–Crippen LogP) is 5.15. The molecule has 1 amide bonds. The van der Waals surface area contributed by atoms with Crippen LogP contribution in [0.4, 0.5) is 0 Å². The van der Waals surface area contributed by atoms with Crippen molar-refractivity contribution in [1.82, 2.24) is 4.90 Å². The van der Waals surface area contributed by atoms with Gasteiger partial charge in [0.15, 0.2) is 11.5 Å². The third kappa shape index (κ3) is 4.78. The first-order valence-electron chi connectivity index (χ1n) is 9.33. The summed E-state index contributed by atoms with van der Waals surface area (Å²) in [5, 5.41) is 0. The maximum atomic E-state index is 12.9. The lowest BCUT2D eigenvalue weighted by Crippen LogP contribution is -2.26. The molecule has 3 rings (SSSR count). The van der Waals surface area contributed by atoms with Gasteiger partial charge < -0.3 is 14.4 Å². The summed E-state index contributed by atoms with van der Waals surface area (Å²) in [5.74, 6) is 3.82. The summed E-state index contributed by atoms with van der Waals surface area (Å²) in [7, 11) is 5.08. The molecule has 0 aliphatic carbocycles. The van der Waals surface area contributed by atoms with E-state index in [-0.39, 0.29) is 5.91 Å². The zero-order valence-corrected chi connectivity index (χ0v) is 18.5. The first-order valence-corrected chi connectivity index (χ1v) is 11.4. The lowest BCUT2D eigenvalue weighted by atomic mass is 10.1. The molecule has 0 atom stereocenters. The third-order valence-electron chi connectivity index (χ3n) is 4.85. The van der Waals surface area contributed by atoms with Gasteiger partial charge in [-0.3, -0.25) is 4.79 Å². The normalized spacial score (nSPS) is 14.6. The second-order valence-electron chi connectivity index (χ2n) is 6.84. The molecule has 0 aromatic heterocycles. The Balaban J connectivity index is 1.70. The van der Waals surface area contributed by atoms with E-state index in [0.717, 1.165) is 16.7 Å². The van der Waals surface area contributed by atoms with E-state index in [2.05, 4.69) is 12.1 Å². The average molecular weight is 418 g/mol. The molecule has 1 saturated heterocycles. The molecule has 0 radical (unpaired) electrons. The number of thioether (sulfide) groups is 2. The van der Waals surface area contributed by atoms with E-state index in [0.29, 0.717) is 22.6 Å². The van der Waals surface area contributed by atoms with Crippen molar-refractivity contribution in [3.8, 4) is 11.5 Å². The van der Waals surface area contributed by atoms with Crippen LogP contribution < -0.4 is 9.47 Å². The Morgan fingerprint density at radius 1 is 1.07 bits per heavy atom. The van der Waals surface area contributed by atoms with E-state index in [4.69, 9.17) is 9.47 Å². The summed E-state index contributed by atoms with van der Waals surface area (Å²) in [6.07, 6.45) is 1.28. The number of carbonyl (C=O) groups excluding carboxylic acids is 1. The van der Waals surface area contributed by atoms with Crippen LogP contribution in [-0.2, 0) is 6.54 Å². The number of hydrogen-bond donors (Lipinski definition) is 0. The van der Waals surface area contributed by atoms with Crippen molar-refractivity contribution in [2.75, 3.05) is 32.8 Å². The topological polar surface area (TPSA) is 38.8 Å². The number of aryl methyl sites for hydroxylation is 1. The zero-order valence-electron chi connectivity index (χ0n) is 16.9. The van der Waals surface area contributed by atoms with Crippen molar-refractivity contribution >= 4 is 29.4 Å². The molecule has 0 N–H and O–H groups in total. The van der Waals surface area contributed by atoms with Crippen LogP contribution in [0.1, 0.15) is 38.1 Å². The molecule has 4 nitrogen and oxygen atoms in total. The fourth-order valence-electron chi connectivity index (χ4n) is 3.20. The van der Waals surface area contributed by atoms with Crippen LogP contribution in [0.2, 0.25) is 0 Å². The highest BCUT2D eigenvalue weighted by atomic mass is 32.2. The highest BCUT2D eigenvalue weighted by Crippen LogP contribution is 2.43. The predicted molar refractivity (Wildman–Crippen MR) is 119 cm³/mol. The number of benzene rings is 2. The summed E-state index contributed by atoms with van der Waals surface area (Å²) < 4.78 is 11.2. The molecule has 2 aromatic carbocycles. The summed E-state index contributed by atoms with van der Waals surface area (Å²) in [5.41, 5.74) is 4.12. The van der Waals surface area contributed by atoms with Gasteiger partial charge >= 0.3 is 0 Å². The lowest BCUT2D eigenvalue weighted by Gasteiger charge is -2.22. The molecule has 1 aliphatic rings. The van der Waals surface area contributed by atoms with Gasteiger partial charge in [0.1, 0.15) is 0 Å². The van der Waals surface area contributed by atoms with Crippen LogP contribution in [0.3, 0.4) is 0 Å². The quantitative estimate of drug-likeness (QED) is 0.650. The van der Waals surface area contributed by atoms with Crippen LogP contribution in [0, 0.1) is 6.92 Å². The number of nitrogens with zero attached hydrogens (tertiary/aromatic N) is 1. The molecule has 0 spiro atoms. The number of hydrogen-bond acceptors (Lipinski definition) is 5. The van der Waals surface area contributed by atoms with Gasteiger partial charge in [-0.1, -0.05) is 12.1 Å². The Kier molecular flexibility index (Phi) is 7.18. The molecule has 1 fully saturated rings. The van der Waals surface area contributed by atoms with Crippen molar-refractivity contribution in [1.29, 1.82) is 0 Å². The minimum Gasteiger partial charge on any atom is -0.493 e. The van der Waals surface area contributed by atoms with Gasteiger partial charge in [-0.2, -0.15) is 0 Å². The highest BCUT2D eigenvalue weighted by Gasteiger charge is 2.19. The fourth-order valence-corrected chi connectivity index (χ4v) is 6.10. The number of rotatable bonds is 6. The number of carbonyl (C=O) groups is 1. The monoisotopic (exact) mass is 417 g/mol. The molecular weight excluding hydrogens is 390 g/mol. The van der Waals surface area contributed by atoms with Crippen LogP contribution in [0.5, 0.6) is 11.5 Å². The first-order chi connectivity index (χ1) is 13.5. The van der Waals surface area contributed by atoms with Crippen molar-refractivity contribution in [3.05, 3.63) is 58.7 Å². The maximum absolute atomic E-state index is 12.9. The van der Waals surface area contributed by atoms with Crippen molar-refractivity contribution in [2.24, 2.45) is 0 Å². The van der Waals surface area contributed by atoms with Gasteiger partial charge in [0.25, 0.3) is 5.91 Å². The second kappa shape index (κ2) is 9.61. The Hall–Kier alpha value is -1.79. The van der Waals surface area contributed by atoms with E-state index in [1.54, 1.807) is 19.1 Å². The van der Waals surface area contributed by atoms with Gasteiger partial charge in [-0.15, -0.1) is 23.5 Å². The summed E-state index contributed by atoms with van der Waals surface area (Å²) in [6.45, 7) is 2.53. The molecule has 1 aliphatic heterocycles. The van der Waals surface area contributed by atoms with Crippen molar-refractivity contribution in [2.45, 2.75) is 24.5 Å². The van der Waals surface area contributed by atoms with E-state index in [1.807, 2.05) is 61.8 Å². The first kappa shape index (κ1) is 20.9. The summed E-state index contributed by atoms with van der Waals surface area (Å²) in [6, 6.07) is 12.0. The van der Waals surface area contributed by atoms with Crippen LogP contribution >= 0.6 is 23.5 Å². The standard InChI is InChI=1S/C22H27NO3S2/c1-15-12-19(25-3)20(26-4)13-18(15)14-23(2)21(24)16-6-8-17(9-7-16)22-27-10-5-11-28-22/h6-9,12-13,22H,5,10-11,14H2,1-4H3. The average Bonchev–Trinajstić information content (AvgIpc) is 2.75. The van der Waals surface area contributed by atoms with E-state index in [1.165, 1.54) is 23.5 Å². The maximum Gasteiger partial charge on any atom is 0.253 e. The van der Waals surface area contributed by atoms with Crippen LogP contribution in [0.15, 0.2) is 36.4 Å². The second-order valence-corrected chi connectivity index (χ2v) is 9.57. The Morgan fingerprint density at radius 2 is 1.68 bits per heavy atom. The minimum atomic E-state index is 0.0182. The lowest BCUT2D eigenvalue weighted by molar-refractivity contribution is 0.0785. The van der Waals surface area contributed by atoms with E-state index >= 15 is 0 Å². The molecule has 2 aromatic rings. The van der Waals surface area contributed by atoms with Crippen molar-refractivity contribution in [3.63, 3.8) is 0 Å². The fraction of sp³-hybridized carbons (Fsp3) is 0.409. The molecule has 0 bridgehead atoms. The van der Waals surface area contributed by atoms with Gasteiger partial charge in [-0.25, -0.2) is 0 Å². The zero-order chi connectivity index (χ0) is 20.1. The van der Waals surface area contributed by atoms with Crippen LogP contribution in [-0.4, -0.2) is 43.6 Å². The molecule has 0 saturated carbocycles. The van der Waals surface area contributed by atoms with Gasteiger partial charge in [0, 0.05) is 19.2 Å². The largest absolute Gasteiger partial charge is 0.493 e. The van der Waals surface area contributed by atoms with Gasteiger partial charge in [0.05, 0.1) is 18.8 Å². The van der Waals surface area contributed by atoms with E-state index < -0.39 is 0 Å². The third-order valence-corrected chi connectivity index (χ3v) is 7.87. The number of methoxy groups -OCH3 is 2. The van der Waals surface area contributed by atoms with Crippen molar-refractivity contribution < 1.29 is 14.3 Å². The number of amides is 1. The SMILES string of the molecule is COc1cc(C)c(CN(C)C(=O)c2ccc(C3SCCCS3)cc2)cc1OC. The molecule has 1 heterocycles. The Bertz CT molecular complexity index is 817. The molecule has 0 unspecified atom stereocenters. The van der Waals surface area contributed by atoms with E-state index in [9.17, 15) is 4.79 Å². The van der Waals surface area contributed by atoms with Crippen LogP contribution in [0.25, 0.3) is 0 Å². The Morgan fingerprint density at radius 3 is 2.29 bits per heavy atom. The smallest absolute Gasteiger partial charge is 0.253 e. The minimum absolute atomic E-state index is 0.0182. The summed E-state index contributed by atoms with van der Waals surface area (Å²) in [4.78, 5) is 14.6. The number of ether oxygens (including phenoxy) is 2. The molecule has 150 valence electrons. The molecule has 6 heteroatoms. The van der Waals surface area contributed by atoms with Gasteiger partial charge in [-0.05, 0) is 65.8 Å². The summed E-state index contributed by atoms with van der Waals surface area (Å²) >= 11 is 3.98. The van der Waals surface area contributed by atoms with Gasteiger partial charge in [0.2, 0.25) is 0 Å².